The summed E-state index contributed by atoms with van der Waals surface area (Å²) < 4.78 is 11.2. The minimum atomic E-state index is -0.224. The maximum Gasteiger partial charge on any atom is 0.176 e. The lowest BCUT2D eigenvalue weighted by Gasteiger charge is -2.10. The van der Waals surface area contributed by atoms with Gasteiger partial charge in [-0.15, -0.1) is 0 Å². The van der Waals surface area contributed by atoms with E-state index in [1.165, 1.54) is 6.07 Å². The first-order valence-electron chi connectivity index (χ1n) is 7.37. The number of phenolic OH excluding ortho intramolecular Hbond substituents is 2. The summed E-state index contributed by atoms with van der Waals surface area (Å²) in [6, 6.07) is 10.5. The van der Waals surface area contributed by atoms with Crippen molar-refractivity contribution < 1.29 is 24.5 Å². The second-order valence-electron chi connectivity index (χ2n) is 5.28. The van der Waals surface area contributed by atoms with Crippen LogP contribution in [-0.2, 0) is 6.42 Å². The standard InChI is InChI=1S/C18H18O5/c1-22-14-6-2-4-12-10-15(23-18(12)14)16-11(5-3-9-19)7-8-13(20)17(16)21/h2,4,6-8,10,19-21H,3,5,9H2,1H3. The summed E-state index contributed by atoms with van der Waals surface area (Å²) in [6.45, 7) is 0.0506. The molecule has 1 aromatic heterocycles. The monoisotopic (exact) mass is 314 g/mol. The highest BCUT2D eigenvalue weighted by Gasteiger charge is 2.19. The molecule has 0 fully saturated rings. The first-order valence-corrected chi connectivity index (χ1v) is 7.37. The number of aliphatic hydroxyl groups excluding tert-OH is 1. The van der Waals surface area contributed by atoms with Gasteiger partial charge >= 0.3 is 0 Å². The van der Waals surface area contributed by atoms with Crippen molar-refractivity contribution in [3.05, 3.63) is 42.0 Å². The molecule has 0 saturated heterocycles. The number of ether oxygens (including phenoxy) is 1. The van der Waals surface area contributed by atoms with Crippen LogP contribution in [0, 0.1) is 0 Å². The number of rotatable bonds is 5. The smallest absolute Gasteiger partial charge is 0.176 e. The van der Waals surface area contributed by atoms with Gasteiger partial charge in [0.2, 0.25) is 0 Å². The first-order chi connectivity index (χ1) is 11.2. The number of aryl methyl sites for hydroxylation is 1. The van der Waals surface area contributed by atoms with Crippen LogP contribution in [0.5, 0.6) is 17.2 Å². The quantitative estimate of drug-likeness (QED) is 0.628. The van der Waals surface area contributed by atoms with E-state index in [-0.39, 0.29) is 18.1 Å². The lowest BCUT2D eigenvalue weighted by Crippen LogP contribution is -1.93. The molecule has 5 heteroatoms. The Balaban J connectivity index is 2.19. The van der Waals surface area contributed by atoms with Crippen LogP contribution in [0.1, 0.15) is 12.0 Å². The van der Waals surface area contributed by atoms with E-state index in [1.54, 1.807) is 25.3 Å². The first kappa shape index (κ1) is 15.2. The summed E-state index contributed by atoms with van der Waals surface area (Å²) in [4.78, 5) is 0. The van der Waals surface area contributed by atoms with Gasteiger partial charge < -0.3 is 24.5 Å². The molecule has 1 heterocycles. The predicted octanol–water partition coefficient (Wildman–Crippen LogP) is 3.44. The van der Waals surface area contributed by atoms with E-state index in [0.29, 0.717) is 35.5 Å². The number of methoxy groups -OCH3 is 1. The highest BCUT2D eigenvalue weighted by molar-refractivity contribution is 5.89. The predicted molar refractivity (Wildman–Crippen MR) is 86.9 cm³/mol. The minimum Gasteiger partial charge on any atom is -0.504 e. The van der Waals surface area contributed by atoms with Crippen LogP contribution in [0.2, 0.25) is 0 Å². The summed E-state index contributed by atoms with van der Waals surface area (Å²) in [5, 5.41) is 30.0. The molecule has 0 aliphatic heterocycles. The molecule has 5 nitrogen and oxygen atoms in total. The Labute approximate surface area is 133 Å². The molecule has 0 bridgehead atoms. The van der Waals surface area contributed by atoms with E-state index in [0.717, 1.165) is 10.9 Å². The lowest BCUT2D eigenvalue weighted by atomic mass is 9.99. The summed E-state index contributed by atoms with van der Waals surface area (Å²) >= 11 is 0. The average Bonchev–Trinajstić information content (AvgIpc) is 2.99. The molecular formula is C18H18O5. The Bertz CT molecular complexity index is 835. The number of aliphatic hydroxyl groups is 1. The van der Waals surface area contributed by atoms with Crippen LogP contribution in [0.3, 0.4) is 0 Å². The largest absolute Gasteiger partial charge is 0.504 e. The number of furan rings is 1. The Morgan fingerprint density at radius 2 is 1.96 bits per heavy atom. The van der Waals surface area contributed by atoms with E-state index in [4.69, 9.17) is 14.3 Å². The average molecular weight is 314 g/mol. The number of phenols is 2. The van der Waals surface area contributed by atoms with Gasteiger partial charge in [0.25, 0.3) is 0 Å². The van der Waals surface area contributed by atoms with Crippen molar-refractivity contribution in [2.24, 2.45) is 0 Å². The second kappa shape index (κ2) is 6.22. The number of hydrogen-bond acceptors (Lipinski definition) is 5. The van der Waals surface area contributed by atoms with Gasteiger partial charge in [0, 0.05) is 12.0 Å². The number of para-hydroxylation sites is 1. The van der Waals surface area contributed by atoms with E-state index in [2.05, 4.69) is 0 Å². The number of aromatic hydroxyl groups is 2. The van der Waals surface area contributed by atoms with Crippen molar-refractivity contribution in [1.29, 1.82) is 0 Å². The van der Waals surface area contributed by atoms with Crippen molar-refractivity contribution in [3.8, 4) is 28.6 Å². The van der Waals surface area contributed by atoms with Crippen LogP contribution in [-0.4, -0.2) is 29.0 Å². The van der Waals surface area contributed by atoms with Gasteiger partial charge in [-0.3, -0.25) is 0 Å². The van der Waals surface area contributed by atoms with Gasteiger partial charge in [0.15, 0.2) is 22.8 Å². The van der Waals surface area contributed by atoms with Crippen LogP contribution < -0.4 is 4.74 Å². The molecule has 0 saturated carbocycles. The molecule has 3 rings (SSSR count). The van der Waals surface area contributed by atoms with Crippen LogP contribution >= 0.6 is 0 Å². The second-order valence-corrected chi connectivity index (χ2v) is 5.28. The van der Waals surface area contributed by atoms with Crippen molar-refractivity contribution in [3.63, 3.8) is 0 Å². The molecule has 0 radical (unpaired) electrons. The van der Waals surface area contributed by atoms with E-state index < -0.39 is 0 Å². The fraction of sp³-hybridized carbons (Fsp3) is 0.222. The number of benzene rings is 2. The van der Waals surface area contributed by atoms with Gasteiger partial charge in [0.1, 0.15) is 5.76 Å². The molecule has 0 atom stereocenters. The van der Waals surface area contributed by atoms with Crippen molar-refractivity contribution >= 4 is 11.0 Å². The Morgan fingerprint density at radius 1 is 1.13 bits per heavy atom. The zero-order valence-electron chi connectivity index (χ0n) is 12.7. The topological polar surface area (TPSA) is 83.1 Å². The van der Waals surface area contributed by atoms with Gasteiger partial charge in [-0.05, 0) is 36.6 Å². The van der Waals surface area contributed by atoms with E-state index in [9.17, 15) is 10.2 Å². The lowest BCUT2D eigenvalue weighted by molar-refractivity contribution is 0.288. The fourth-order valence-corrected chi connectivity index (χ4v) is 2.70. The van der Waals surface area contributed by atoms with Crippen molar-refractivity contribution in [2.75, 3.05) is 13.7 Å². The van der Waals surface area contributed by atoms with Gasteiger partial charge in [-0.2, -0.15) is 0 Å². The molecule has 0 aliphatic rings. The third-order valence-electron chi connectivity index (χ3n) is 3.82. The Hall–Kier alpha value is -2.66. The molecule has 0 spiro atoms. The Kier molecular flexibility index (Phi) is 4.12. The van der Waals surface area contributed by atoms with E-state index in [1.807, 2.05) is 12.1 Å². The summed E-state index contributed by atoms with van der Waals surface area (Å²) in [5.74, 6) is 0.620. The molecule has 23 heavy (non-hydrogen) atoms. The zero-order valence-corrected chi connectivity index (χ0v) is 12.7. The fourth-order valence-electron chi connectivity index (χ4n) is 2.70. The number of fused-ring (bicyclic) bond motifs is 1. The highest BCUT2D eigenvalue weighted by atomic mass is 16.5. The minimum absolute atomic E-state index is 0.0506. The van der Waals surface area contributed by atoms with Crippen LogP contribution in [0.25, 0.3) is 22.3 Å². The molecular weight excluding hydrogens is 296 g/mol. The summed E-state index contributed by atoms with van der Waals surface area (Å²) in [6.07, 6.45) is 1.12. The SMILES string of the molecule is COc1cccc2cc(-c3c(CCCO)ccc(O)c3O)oc12. The Morgan fingerprint density at radius 3 is 2.70 bits per heavy atom. The van der Waals surface area contributed by atoms with Gasteiger partial charge in [-0.1, -0.05) is 18.2 Å². The van der Waals surface area contributed by atoms with Crippen LogP contribution in [0.15, 0.2) is 40.8 Å². The highest BCUT2D eigenvalue weighted by Crippen LogP contribution is 2.42. The third-order valence-corrected chi connectivity index (χ3v) is 3.82. The molecule has 0 aliphatic carbocycles. The summed E-state index contributed by atoms with van der Waals surface area (Å²) in [5.41, 5.74) is 1.82. The maximum absolute atomic E-state index is 10.3. The molecule has 2 aromatic carbocycles. The molecule has 120 valence electrons. The number of hydrogen-bond donors (Lipinski definition) is 3. The van der Waals surface area contributed by atoms with Gasteiger partial charge in [-0.25, -0.2) is 0 Å². The maximum atomic E-state index is 10.3. The zero-order chi connectivity index (χ0) is 16.4. The normalized spacial score (nSPS) is 11.0. The molecule has 0 amide bonds. The van der Waals surface area contributed by atoms with Gasteiger partial charge in [0.05, 0.1) is 12.7 Å². The van der Waals surface area contributed by atoms with Crippen molar-refractivity contribution in [1.82, 2.24) is 0 Å². The molecule has 3 N–H and O–H groups in total. The molecule has 3 aromatic rings. The summed E-state index contributed by atoms with van der Waals surface area (Å²) in [7, 11) is 1.56. The van der Waals surface area contributed by atoms with Crippen molar-refractivity contribution in [2.45, 2.75) is 12.8 Å². The molecule has 0 unspecified atom stereocenters. The third kappa shape index (κ3) is 2.71. The van der Waals surface area contributed by atoms with E-state index >= 15 is 0 Å². The van der Waals surface area contributed by atoms with Crippen LogP contribution in [0.4, 0.5) is 0 Å².